The molecular weight excluding hydrogens is 556 g/mol. The molecule has 1 fully saturated rings. The second-order valence-corrected chi connectivity index (χ2v) is 12.2. The minimum Gasteiger partial charge on any atom is -0.465 e. The predicted molar refractivity (Wildman–Crippen MR) is 161 cm³/mol. The molecule has 0 bridgehead atoms. The van der Waals surface area contributed by atoms with E-state index in [0.717, 1.165) is 24.0 Å². The molecule has 2 aromatic rings. The van der Waals surface area contributed by atoms with Crippen LogP contribution in [0.25, 0.3) is 0 Å². The van der Waals surface area contributed by atoms with Crippen LogP contribution in [0, 0.1) is 5.92 Å². The van der Waals surface area contributed by atoms with E-state index in [1.165, 1.54) is 37.7 Å². The highest BCUT2D eigenvalue weighted by atomic mass is 79.9. The molecule has 3 rings (SSSR count). The fraction of sp³-hybridized carbons (Fsp3) is 0.562. The number of hydrogen-bond acceptors (Lipinski definition) is 6. The zero-order valence-electron chi connectivity index (χ0n) is 24.0. The smallest absolute Gasteiger partial charge is 0.338 e. The molecule has 1 atom stereocenters. The first-order chi connectivity index (χ1) is 18.6. The Bertz CT molecular complexity index is 1090. The van der Waals surface area contributed by atoms with E-state index in [9.17, 15) is 9.59 Å². The topological polar surface area (TPSA) is 90.6 Å². The highest BCUT2D eigenvalue weighted by molar-refractivity contribution is 9.10. The number of rotatable bonds is 13. The summed E-state index contributed by atoms with van der Waals surface area (Å²) >= 11 is 3.50. The van der Waals surface area contributed by atoms with Gasteiger partial charge in [0.25, 0.3) is 0 Å². The largest absolute Gasteiger partial charge is 0.465 e. The first-order valence-corrected chi connectivity index (χ1v) is 15.2. The van der Waals surface area contributed by atoms with Gasteiger partial charge in [-0.15, -0.1) is 0 Å². The molecule has 1 saturated carbocycles. The Hall–Kier alpha value is -2.38. The lowest BCUT2D eigenvalue weighted by Gasteiger charge is -2.38. The van der Waals surface area contributed by atoms with Crippen LogP contribution in [-0.4, -0.2) is 30.7 Å². The number of nitrogens with one attached hydrogen (secondary N) is 1. The number of benzene rings is 2. The Morgan fingerprint density at radius 3 is 2.33 bits per heavy atom. The third kappa shape index (κ3) is 9.07. The molecule has 0 aromatic heterocycles. The maximum absolute atomic E-state index is 12.8. The Balaban J connectivity index is 1.45. The second kappa shape index (κ2) is 14.8. The van der Waals surface area contributed by atoms with Crippen molar-refractivity contribution < 1.29 is 19.1 Å². The van der Waals surface area contributed by atoms with E-state index in [4.69, 9.17) is 15.2 Å². The highest BCUT2D eigenvalue weighted by Crippen LogP contribution is 2.32. The summed E-state index contributed by atoms with van der Waals surface area (Å²) in [6, 6.07) is 11.7. The van der Waals surface area contributed by atoms with Gasteiger partial charge in [0.1, 0.15) is 0 Å². The molecule has 1 aliphatic rings. The standard InChI is InChI=1S/C32H45BrN2O4/c1-5-32(14-7-6-8-15-32)35-21-27-19-26(20-28(33)29(27)34)31(37)39-17-9-16-38-30(36)23(4)25-12-10-24(11-13-25)18-22(2)3/h10-13,19-20,22-23,35H,5-9,14-18,21,34H2,1-4H3. The normalized spacial score (nSPS) is 15.6. The number of anilines is 1. The molecule has 0 radical (unpaired) electrons. The summed E-state index contributed by atoms with van der Waals surface area (Å²) in [7, 11) is 0. The Morgan fingerprint density at radius 1 is 1.03 bits per heavy atom. The number of esters is 2. The number of nitrogens with two attached hydrogens (primary N) is 1. The van der Waals surface area contributed by atoms with E-state index in [0.29, 0.717) is 34.6 Å². The molecule has 0 amide bonds. The van der Waals surface area contributed by atoms with Crippen LogP contribution < -0.4 is 11.1 Å². The summed E-state index contributed by atoms with van der Waals surface area (Å²) in [5.41, 5.74) is 10.6. The molecule has 7 heteroatoms. The van der Waals surface area contributed by atoms with Crippen LogP contribution in [0.15, 0.2) is 40.9 Å². The minimum atomic E-state index is -0.416. The van der Waals surface area contributed by atoms with Crippen LogP contribution >= 0.6 is 15.9 Å². The van der Waals surface area contributed by atoms with E-state index in [2.05, 4.69) is 54.2 Å². The molecule has 214 valence electrons. The van der Waals surface area contributed by atoms with Crippen LogP contribution in [0.3, 0.4) is 0 Å². The van der Waals surface area contributed by atoms with Crippen molar-refractivity contribution in [3.05, 3.63) is 63.1 Å². The van der Waals surface area contributed by atoms with Crippen molar-refractivity contribution >= 4 is 33.6 Å². The van der Waals surface area contributed by atoms with E-state index in [1.807, 2.05) is 25.1 Å². The second-order valence-electron chi connectivity index (χ2n) is 11.3. The van der Waals surface area contributed by atoms with Gasteiger partial charge < -0.3 is 20.5 Å². The molecule has 0 saturated heterocycles. The van der Waals surface area contributed by atoms with Crippen LogP contribution in [0.2, 0.25) is 0 Å². The summed E-state index contributed by atoms with van der Waals surface area (Å²) in [5, 5.41) is 3.74. The minimum absolute atomic E-state index is 0.139. The van der Waals surface area contributed by atoms with E-state index >= 15 is 0 Å². The summed E-state index contributed by atoms with van der Waals surface area (Å²) < 4.78 is 11.6. The van der Waals surface area contributed by atoms with Gasteiger partial charge in [0.2, 0.25) is 0 Å². The molecule has 0 spiro atoms. The molecule has 3 N–H and O–H groups in total. The van der Waals surface area contributed by atoms with Crippen molar-refractivity contribution in [2.75, 3.05) is 18.9 Å². The predicted octanol–water partition coefficient (Wildman–Crippen LogP) is 7.33. The lowest BCUT2D eigenvalue weighted by Crippen LogP contribution is -2.45. The maximum Gasteiger partial charge on any atom is 0.338 e. The first-order valence-electron chi connectivity index (χ1n) is 14.4. The van der Waals surface area contributed by atoms with Crippen LogP contribution in [0.5, 0.6) is 0 Å². The van der Waals surface area contributed by atoms with E-state index in [-0.39, 0.29) is 30.6 Å². The summed E-state index contributed by atoms with van der Waals surface area (Å²) in [6.45, 7) is 9.42. The lowest BCUT2D eigenvalue weighted by atomic mass is 9.79. The van der Waals surface area contributed by atoms with Gasteiger partial charge in [-0.3, -0.25) is 4.79 Å². The van der Waals surface area contributed by atoms with Gasteiger partial charge in [0, 0.05) is 23.0 Å². The van der Waals surface area contributed by atoms with E-state index in [1.54, 1.807) is 6.07 Å². The van der Waals surface area contributed by atoms with Crippen LogP contribution in [0.4, 0.5) is 5.69 Å². The fourth-order valence-electron chi connectivity index (χ4n) is 5.26. The first kappa shape index (κ1) is 31.2. The number of nitrogen functional groups attached to an aromatic ring is 1. The molecule has 2 aromatic carbocycles. The zero-order chi connectivity index (χ0) is 28.4. The van der Waals surface area contributed by atoms with Crippen molar-refractivity contribution in [3.63, 3.8) is 0 Å². The van der Waals surface area contributed by atoms with Gasteiger partial charge in [0.15, 0.2) is 0 Å². The monoisotopic (exact) mass is 600 g/mol. The fourth-order valence-corrected chi connectivity index (χ4v) is 5.76. The van der Waals surface area contributed by atoms with Crippen LogP contribution in [0.1, 0.15) is 106 Å². The zero-order valence-corrected chi connectivity index (χ0v) is 25.6. The van der Waals surface area contributed by atoms with Gasteiger partial charge >= 0.3 is 11.9 Å². The number of halogens is 1. The molecule has 1 aliphatic carbocycles. The molecule has 0 aliphatic heterocycles. The van der Waals surface area contributed by atoms with Gasteiger partial charge in [-0.05, 0) is 83.3 Å². The molecule has 6 nitrogen and oxygen atoms in total. The Kier molecular flexibility index (Phi) is 11.9. The molecule has 0 heterocycles. The van der Waals surface area contributed by atoms with E-state index < -0.39 is 5.97 Å². The molecular formula is C32H45BrN2O4. The number of hydrogen-bond donors (Lipinski definition) is 2. The number of carbonyl (C=O) groups excluding carboxylic acids is 2. The van der Waals surface area contributed by atoms with Gasteiger partial charge in [-0.25, -0.2) is 4.79 Å². The molecule has 1 unspecified atom stereocenters. The van der Waals surface area contributed by atoms with Crippen molar-refractivity contribution in [2.45, 2.75) is 97.1 Å². The van der Waals surface area contributed by atoms with Crippen molar-refractivity contribution in [1.82, 2.24) is 5.32 Å². The Morgan fingerprint density at radius 2 is 1.69 bits per heavy atom. The van der Waals surface area contributed by atoms with Gasteiger partial charge in [-0.1, -0.05) is 64.3 Å². The maximum atomic E-state index is 12.8. The average molecular weight is 602 g/mol. The van der Waals surface area contributed by atoms with Crippen LogP contribution in [-0.2, 0) is 27.2 Å². The number of carbonyl (C=O) groups is 2. The van der Waals surface area contributed by atoms with Gasteiger partial charge in [-0.2, -0.15) is 0 Å². The van der Waals surface area contributed by atoms with Crippen molar-refractivity contribution in [1.29, 1.82) is 0 Å². The Labute approximate surface area is 242 Å². The highest BCUT2D eigenvalue weighted by Gasteiger charge is 2.29. The lowest BCUT2D eigenvalue weighted by molar-refractivity contribution is -0.145. The third-order valence-electron chi connectivity index (χ3n) is 7.84. The average Bonchev–Trinajstić information content (AvgIpc) is 2.93. The summed E-state index contributed by atoms with van der Waals surface area (Å²) in [4.78, 5) is 25.3. The summed E-state index contributed by atoms with van der Waals surface area (Å²) in [5.74, 6) is -0.450. The van der Waals surface area contributed by atoms with Gasteiger partial charge in [0.05, 0.1) is 30.4 Å². The SMILES string of the molecule is CCC1(NCc2cc(C(=O)OCCCOC(=O)C(C)c3ccc(CC(C)C)cc3)cc(Br)c2N)CCCCC1. The van der Waals surface area contributed by atoms with Crippen molar-refractivity contribution in [2.24, 2.45) is 5.92 Å². The quantitative estimate of drug-likeness (QED) is 0.142. The number of ether oxygens (including phenoxy) is 2. The third-order valence-corrected chi connectivity index (χ3v) is 8.49. The summed E-state index contributed by atoms with van der Waals surface area (Å²) in [6.07, 6.45) is 8.63. The molecule has 39 heavy (non-hydrogen) atoms. The van der Waals surface area contributed by atoms with Crippen molar-refractivity contribution in [3.8, 4) is 0 Å².